The summed E-state index contributed by atoms with van der Waals surface area (Å²) in [5.41, 5.74) is 0.238. The number of hydrogen-bond donors (Lipinski definition) is 3. The van der Waals surface area contributed by atoms with E-state index in [-0.39, 0.29) is 11.5 Å². The molecule has 2 aliphatic rings. The van der Waals surface area contributed by atoms with Crippen molar-refractivity contribution in [1.82, 2.24) is 15.2 Å². The first kappa shape index (κ1) is 18.2. The Hall–Kier alpha value is -2.62. The zero-order valence-corrected chi connectivity index (χ0v) is 15.2. The number of rotatable bonds is 4. The third-order valence-corrected chi connectivity index (χ3v) is 5.86. The molecule has 3 N–H and O–H groups in total. The summed E-state index contributed by atoms with van der Waals surface area (Å²) in [5.74, 6) is -1.90. The Morgan fingerprint density at radius 1 is 1.31 bits per heavy atom. The number of aliphatic carboxylic acids is 1. The maximum Gasteiger partial charge on any atom is 0.327 e. The molecule has 0 spiro atoms. The van der Waals surface area contributed by atoms with E-state index >= 15 is 0 Å². The molecule has 0 aromatic carbocycles. The van der Waals surface area contributed by atoms with E-state index in [0.717, 1.165) is 0 Å². The molecule has 0 radical (unpaired) electrons. The molecular formula is C16H18N4O5S. The molecule has 0 unspecified atom stereocenters. The predicted octanol–water partition coefficient (Wildman–Crippen LogP) is 0.285. The molecule has 10 heteroatoms. The summed E-state index contributed by atoms with van der Waals surface area (Å²) in [6, 6.07) is 1.28. The minimum absolute atomic E-state index is 0.238. The highest BCUT2D eigenvalue weighted by molar-refractivity contribution is 8.01. The molecular weight excluding hydrogens is 360 g/mol. The molecule has 0 aliphatic carbocycles. The van der Waals surface area contributed by atoms with Crippen molar-refractivity contribution in [3.63, 3.8) is 0 Å². The number of β-lactam (4-membered cyclic amide) rings is 1. The topological polar surface area (TPSA) is 129 Å². The fourth-order valence-electron chi connectivity index (χ4n) is 3.15. The smallest absolute Gasteiger partial charge is 0.327 e. The number of thioether (sulfide) groups is 1. The van der Waals surface area contributed by atoms with Crippen LogP contribution in [-0.2, 0) is 14.4 Å². The summed E-state index contributed by atoms with van der Waals surface area (Å²) in [6.07, 6.45) is 1.30. The van der Waals surface area contributed by atoms with Crippen LogP contribution >= 0.6 is 11.8 Å². The molecule has 1 aromatic rings. The lowest BCUT2D eigenvalue weighted by Gasteiger charge is -2.43. The second-order valence-corrected chi connectivity index (χ2v) is 8.43. The van der Waals surface area contributed by atoms with Gasteiger partial charge in [0.1, 0.15) is 23.3 Å². The zero-order chi connectivity index (χ0) is 19.2. The molecule has 2 aliphatic heterocycles. The van der Waals surface area contributed by atoms with Gasteiger partial charge in [-0.25, -0.2) is 9.78 Å². The van der Waals surface area contributed by atoms with Gasteiger partial charge in [0, 0.05) is 17.9 Å². The minimum Gasteiger partial charge on any atom is -0.480 e. The molecule has 1 aromatic heterocycles. The van der Waals surface area contributed by atoms with Crippen LogP contribution in [-0.4, -0.2) is 60.9 Å². The van der Waals surface area contributed by atoms with Crippen LogP contribution in [0.4, 0.5) is 5.82 Å². The highest BCUT2D eigenvalue weighted by Gasteiger charge is 2.64. The van der Waals surface area contributed by atoms with Gasteiger partial charge in [-0.2, -0.15) is 0 Å². The van der Waals surface area contributed by atoms with Gasteiger partial charge in [-0.15, -0.1) is 11.8 Å². The van der Waals surface area contributed by atoms with Crippen LogP contribution in [0.2, 0.25) is 0 Å². The monoisotopic (exact) mass is 378 g/mol. The average Bonchev–Trinajstić information content (AvgIpc) is 2.81. The van der Waals surface area contributed by atoms with E-state index in [1.807, 2.05) is 0 Å². The zero-order valence-electron chi connectivity index (χ0n) is 14.3. The van der Waals surface area contributed by atoms with Crippen LogP contribution < -0.4 is 10.6 Å². The van der Waals surface area contributed by atoms with Crippen LogP contribution in [0.15, 0.2) is 18.3 Å². The molecule has 26 heavy (non-hydrogen) atoms. The van der Waals surface area contributed by atoms with Crippen molar-refractivity contribution in [2.75, 3.05) is 5.32 Å². The normalized spacial score (nSPS) is 25.9. The first-order valence-electron chi connectivity index (χ1n) is 7.89. The van der Waals surface area contributed by atoms with Gasteiger partial charge in [-0.3, -0.25) is 14.4 Å². The number of nitrogens with zero attached hydrogens (tertiary/aromatic N) is 2. The lowest BCUT2D eigenvalue weighted by atomic mass is 9.96. The quantitative estimate of drug-likeness (QED) is 0.642. The van der Waals surface area contributed by atoms with Crippen LogP contribution in [0, 0.1) is 0 Å². The van der Waals surface area contributed by atoms with Gasteiger partial charge in [0.2, 0.25) is 11.8 Å². The molecule has 0 bridgehead atoms. The molecule has 3 atom stereocenters. The summed E-state index contributed by atoms with van der Waals surface area (Å²) in [7, 11) is 0. The Labute approximate surface area is 153 Å². The largest absolute Gasteiger partial charge is 0.480 e. The lowest BCUT2D eigenvalue weighted by Crippen LogP contribution is -2.70. The fourth-order valence-corrected chi connectivity index (χ4v) is 4.78. The van der Waals surface area contributed by atoms with Crippen molar-refractivity contribution in [2.45, 2.75) is 43.0 Å². The Morgan fingerprint density at radius 3 is 2.54 bits per heavy atom. The first-order chi connectivity index (χ1) is 12.1. The molecule has 2 saturated heterocycles. The van der Waals surface area contributed by atoms with Crippen LogP contribution in [0.25, 0.3) is 0 Å². The maximum absolute atomic E-state index is 12.4. The summed E-state index contributed by atoms with van der Waals surface area (Å²) in [4.78, 5) is 52.5. The van der Waals surface area contributed by atoms with Crippen molar-refractivity contribution in [3.05, 3.63) is 23.9 Å². The molecule has 3 heterocycles. The molecule has 3 rings (SSSR count). The molecule has 0 saturated carbocycles. The number of pyridine rings is 1. The van der Waals surface area contributed by atoms with Crippen molar-refractivity contribution in [3.8, 4) is 0 Å². The van der Waals surface area contributed by atoms with Gasteiger partial charge in [-0.05, 0) is 26.0 Å². The number of fused-ring (bicyclic) bond motifs is 1. The molecule has 2 fully saturated rings. The predicted molar refractivity (Wildman–Crippen MR) is 93.5 cm³/mol. The first-order valence-corrected chi connectivity index (χ1v) is 8.77. The van der Waals surface area contributed by atoms with Gasteiger partial charge in [0.15, 0.2) is 0 Å². The van der Waals surface area contributed by atoms with Crippen molar-refractivity contribution in [2.24, 2.45) is 0 Å². The Morgan fingerprint density at radius 2 is 2.00 bits per heavy atom. The Balaban J connectivity index is 1.69. The van der Waals surface area contributed by atoms with Gasteiger partial charge in [-0.1, -0.05) is 0 Å². The van der Waals surface area contributed by atoms with Crippen molar-refractivity contribution in [1.29, 1.82) is 0 Å². The van der Waals surface area contributed by atoms with Gasteiger partial charge >= 0.3 is 5.97 Å². The number of carbonyl (C=O) groups excluding carboxylic acids is 3. The Bertz CT molecular complexity index is 794. The Kier molecular flexibility index (Phi) is 4.39. The number of aromatic nitrogens is 1. The highest BCUT2D eigenvalue weighted by Crippen LogP contribution is 2.50. The van der Waals surface area contributed by atoms with Gasteiger partial charge < -0.3 is 20.6 Å². The van der Waals surface area contributed by atoms with E-state index in [2.05, 4.69) is 15.6 Å². The second-order valence-electron chi connectivity index (χ2n) is 6.66. The van der Waals surface area contributed by atoms with E-state index < -0.39 is 40.0 Å². The average molecular weight is 378 g/mol. The molecule has 9 nitrogen and oxygen atoms in total. The van der Waals surface area contributed by atoms with Crippen LogP contribution in [0.1, 0.15) is 31.1 Å². The maximum atomic E-state index is 12.4. The van der Waals surface area contributed by atoms with Crippen LogP contribution in [0.5, 0.6) is 0 Å². The number of carbonyl (C=O) groups is 4. The summed E-state index contributed by atoms with van der Waals surface area (Å²) in [6.45, 7) is 4.89. The van der Waals surface area contributed by atoms with E-state index in [1.54, 1.807) is 13.8 Å². The fraction of sp³-hybridized carbons (Fsp3) is 0.438. The second kappa shape index (κ2) is 6.27. The third kappa shape index (κ3) is 3.00. The number of carboxylic acids is 1. The number of amides is 3. The van der Waals surface area contributed by atoms with E-state index in [4.69, 9.17) is 0 Å². The van der Waals surface area contributed by atoms with Crippen molar-refractivity contribution < 1.29 is 24.3 Å². The number of anilines is 1. The van der Waals surface area contributed by atoms with E-state index in [9.17, 15) is 24.3 Å². The number of hydrogen-bond acceptors (Lipinski definition) is 6. The van der Waals surface area contributed by atoms with E-state index in [0.29, 0.717) is 5.82 Å². The minimum atomic E-state index is -1.05. The summed E-state index contributed by atoms with van der Waals surface area (Å²) < 4.78 is -0.646. The number of nitrogens with one attached hydrogen (secondary N) is 2. The number of carboxylic acid groups (broad SMARTS) is 1. The summed E-state index contributed by atoms with van der Waals surface area (Å²) >= 11 is 1.36. The van der Waals surface area contributed by atoms with Crippen LogP contribution in [0.3, 0.4) is 0 Å². The van der Waals surface area contributed by atoms with E-state index in [1.165, 1.54) is 41.9 Å². The molecule has 138 valence electrons. The van der Waals surface area contributed by atoms with Gasteiger partial charge in [0.25, 0.3) is 5.91 Å². The molecule has 3 amide bonds. The highest BCUT2D eigenvalue weighted by atomic mass is 32.2. The SMILES string of the molecule is CC(=O)Nc1ccc(C(=O)N[C@H]2C(=O)N3[C@H]2SC(C)(C)[C@H]3C(=O)O)cn1. The lowest BCUT2D eigenvalue weighted by molar-refractivity contribution is -0.159. The standard InChI is InChI=1S/C16H18N4O5S/c1-7(21)18-9-5-4-8(6-17-9)12(22)19-10-13(23)20-11(15(24)25)16(2,3)26-14(10)20/h4-6,10-11,14H,1-3H3,(H,19,22)(H,24,25)(H,17,18,21)/t10-,11+,14-/m0/s1. The summed E-state index contributed by atoms with van der Waals surface area (Å²) in [5, 5.41) is 14.1. The van der Waals surface area contributed by atoms with Gasteiger partial charge in [0.05, 0.1) is 5.56 Å². The van der Waals surface area contributed by atoms with Crippen molar-refractivity contribution >= 4 is 41.3 Å². The third-order valence-electron chi connectivity index (χ3n) is 4.29.